The van der Waals surface area contributed by atoms with Crippen LogP contribution in [0.4, 0.5) is 10.5 Å². The number of nitrogens with two attached hydrogens (primary N) is 1. The molecule has 2 rings (SSSR count). The van der Waals surface area contributed by atoms with E-state index in [0.29, 0.717) is 18.0 Å². The largest absolute Gasteiger partial charge is 0.484 e. The maximum atomic E-state index is 11.8. The van der Waals surface area contributed by atoms with Gasteiger partial charge in [0.15, 0.2) is 6.61 Å². The van der Waals surface area contributed by atoms with E-state index in [0.717, 1.165) is 12.0 Å². The molecule has 126 valence electrons. The number of urea groups is 1. The first kappa shape index (κ1) is 17.3. The SMILES string of the molecule is CCc1ccc(OCC(=O)NCc2ccc(NC(N)=O)cc2)cc1. The Morgan fingerprint density at radius 2 is 1.62 bits per heavy atom. The monoisotopic (exact) mass is 327 g/mol. The molecule has 6 heteroatoms. The second-order valence-corrected chi connectivity index (χ2v) is 5.25. The van der Waals surface area contributed by atoms with Crippen LogP contribution in [0, 0.1) is 0 Å². The fourth-order valence-corrected chi connectivity index (χ4v) is 2.07. The topological polar surface area (TPSA) is 93.4 Å². The molecule has 0 heterocycles. The van der Waals surface area contributed by atoms with Gasteiger partial charge in [0, 0.05) is 12.2 Å². The van der Waals surface area contributed by atoms with E-state index in [1.807, 2.05) is 24.3 Å². The number of hydrogen-bond donors (Lipinski definition) is 3. The van der Waals surface area contributed by atoms with Crippen molar-refractivity contribution in [2.24, 2.45) is 5.73 Å². The molecule has 0 aromatic heterocycles. The molecule has 0 spiro atoms. The van der Waals surface area contributed by atoms with Crippen LogP contribution < -0.4 is 21.1 Å². The van der Waals surface area contributed by atoms with Crippen LogP contribution in [0.5, 0.6) is 5.75 Å². The zero-order chi connectivity index (χ0) is 17.4. The summed E-state index contributed by atoms with van der Waals surface area (Å²) in [6.07, 6.45) is 0.967. The maximum Gasteiger partial charge on any atom is 0.316 e. The standard InChI is InChI=1S/C18H21N3O3/c1-2-13-5-9-16(10-6-13)24-12-17(22)20-11-14-3-7-15(8-4-14)21-18(19)23/h3-10H,2,11-12H2,1H3,(H,20,22)(H3,19,21,23). The number of benzene rings is 2. The molecule has 0 saturated heterocycles. The van der Waals surface area contributed by atoms with Crippen molar-refractivity contribution < 1.29 is 14.3 Å². The quantitative estimate of drug-likeness (QED) is 0.729. The lowest BCUT2D eigenvalue weighted by atomic mass is 10.2. The molecule has 0 aliphatic rings. The van der Waals surface area contributed by atoms with Crippen LogP contribution in [0.2, 0.25) is 0 Å². The van der Waals surface area contributed by atoms with Gasteiger partial charge in [0.05, 0.1) is 0 Å². The van der Waals surface area contributed by atoms with Gasteiger partial charge in [0.2, 0.25) is 0 Å². The van der Waals surface area contributed by atoms with Crippen LogP contribution in [-0.2, 0) is 17.8 Å². The summed E-state index contributed by atoms with van der Waals surface area (Å²) in [4.78, 5) is 22.5. The molecule has 2 aromatic carbocycles. The van der Waals surface area contributed by atoms with Crippen molar-refractivity contribution in [3.8, 4) is 5.75 Å². The minimum absolute atomic E-state index is 0.0349. The molecule has 0 atom stereocenters. The van der Waals surface area contributed by atoms with E-state index in [9.17, 15) is 9.59 Å². The molecular formula is C18H21N3O3. The molecule has 24 heavy (non-hydrogen) atoms. The normalized spacial score (nSPS) is 10.0. The van der Waals surface area contributed by atoms with E-state index in [-0.39, 0.29) is 12.5 Å². The number of carbonyl (C=O) groups excluding carboxylic acids is 2. The maximum absolute atomic E-state index is 11.8. The number of hydrogen-bond acceptors (Lipinski definition) is 3. The number of carbonyl (C=O) groups is 2. The van der Waals surface area contributed by atoms with Crippen LogP contribution in [0.15, 0.2) is 48.5 Å². The number of aryl methyl sites for hydroxylation is 1. The highest BCUT2D eigenvalue weighted by molar-refractivity contribution is 5.87. The Labute approximate surface area is 141 Å². The van der Waals surface area contributed by atoms with Crippen molar-refractivity contribution in [2.75, 3.05) is 11.9 Å². The molecule has 3 amide bonds. The van der Waals surface area contributed by atoms with Crippen molar-refractivity contribution in [3.63, 3.8) is 0 Å². The number of ether oxygens (including phenoxy) is 1. The Morgan fingerprint density at radius 1 is 1.00 bits per heavy atom. The van der Waals surface area contributed by atoms with Crippen LogP contribution in [0.25, 0.3) is 0 Å². The van der Waals surface area contributed by atoms with Crippen molar-refractivity contribution >= 4 is 17.6 Å². The first-order valence-corrected chi connectivity index (χ1v) is 7.70. The Morgan fingerprint density at radius 3 is 2.21 bits per heavy atom. The molecule has 0 saturated carbocycles. The summed E-state index contributed by atoms with van der Waals surface area (Å²) in [5.41, 5.74) is 7.78. The van der Waals surface area contributed by atoms with Gasteiger partial charge in [0.1, 0.15) is 5.75 Å². The summed E-state index contributed by atoms with van der Waals surface area (Å²) < 4.78 is 5.45. The minimum atomic E-state index is -0.611. The van der Waals surface area contributed by atoms with Crippen LogP contribution >= 0.6 is 0 Å². The van der Waals surface area contributed by atoms with Gasteiger partial charge in [-0.25, -0.2) is 4.79 Å². The minimum Gasteiger partial charge on any atom is -0.484 e. The third kappa shape index (κ3) is 5.64. The molecular weight excluding hydrogens is 306 g/mol. The second kappa shape index (κ2) is 8.57. The third-order valence-electron chi connectivity index (χ3n) is 3.41. The first-order chi connectivity index (χ1) is 11.6. The van der Waals surface area contributed by atoms with Crippen molar-refractivity contribution in [2.45, 2.75) is 19.9 Å². The molecule has 0 aliphatic carbocycles. The number of anilines is 1. The van der Waals surface area contributed by atoms with Crippen molar-refractivity contribution in [3.05, 3.63) is 59.7 Å². The fraction of sp³-hybridized carbons (Fsp3) is 0.222. The second-order valence-electron chi connectivity index (χ2n) is 5.25. The molecule has 0 unspecified atom stereocenters. The van der Waals surface area contributed by atoms with E-state index >= 15 is 0 Å². The molecule has 2 aromatic rings. The summed E-state index contributed by atoms with van der Waals surface area (Å²) in [5.74, 6) is 0.470. The lowest BCUT2D eigenvalue weighted by molar-refractivity contribution is -0.123. The predicted octanol–water partition coefficient (Wildman–Crippen LogP) is 2.43. The summed E-state index contributed by atoms with van der Waals surface area (Å²) in [6.45, 7) is 2.43. The average Bonchev–Trinajstić information content (AvgIpc) is 2.59. The molecule has 0 radical (unpaired) electrons. The van der Waals surface area contributed by atoms with Crippen LogP contribution in [-0.4, -0.2) is 18.5 Å². The average molecular weight is 327 g/mol. The number of primary amides is 1. The molecule has 0 fully saturated rings. The van der Waals surface area contributed by atoms with Gasteiger partial charge in [-0.15, -0.1) is 0 Å². The lowest BCUT2D eigenvalue weighted by Crippen LogP contribution is -2.28. The Bertz CT molecular complexity index is 682. The Balaban J connectivity index is 1.75. The van der Waals surface area contributed by atoms with Gasteiger partial charge in [-0.05, 0) is 41.8 Å². The smallest absolute Gasteiger partial charge is 0.316 e. The molecule has 4 N–H and O–H groups in total. The lowest BCUT2D eigenvalue weighted by Gasteiger charge is -2.09. The van der Waals surface area contributed by atoms with Crippen molar-refractivity contribution in [1.29, 1.82) is 0 Å². The van der Waals surface area contributed by atoms with E-state index < -0.39 is 6.03 Å². The highest BCUT2D eigenvalue weighted by Crippen LogP contribution is 2.12. The fourth-order valence-electron chi connectivity index (χ4n) is 2.07. The number of rotatable bonds is 7. The van der Waals surface area contributed by atoms with E-state index in [2.05, 4.69) is 17.6 Å². The third-order valence-corrected chi connectivity index (χ3v) is 3.41. The van der Waals surface area contributed by atoms with Gasteiger partial charge < -0.3 is 21.1 Å². The number of amides is 3. The van der Waals surface area contributed by atoms with Gasteiger partial charge in [0.25, 0.3) is 5.91 Å². The summed E-state index contributed by atoms with van der Waals surface area (Å²) in [5, 5.41) is 5.25. The molecule has 6 nitrogen and oxygen atoms in total. The highest BCUT2D eigenvalue weighted by atomic mass is 16.5. The van der Waals surface area contributed by atoms with Gasteiger partial charge in [-0.3, -0.25) is 4.79 Å². The van der Waals surface area contributed by atoms with Gasteiger partial charge in [-0.2, -0.15) is 0 Å². The first-order valence-electron chi connectivity index (χ1n) is 7.70. The van der Waals surface area contributed by atoms with Gasteiger partial charge >= 0.3 is 6.03 Å². The Hall–Kier alpha value is -3.02. The molecule has 0 aliphatic heterocycles. The van der Waals surface area contributed by atoms with E-state index in [1.165, 1.54) is 5.56 Å². The van der Waals surface area contributed by atoms with E-state index in [4.69, 9.17) is 10.5 Å². The summed E-state index contributed by atoms with van der Waals surface area (Å²) in [7, 11) is 0. The Kier molecular flexibility index (Phi) is 6.19. The zero-order valence-corrected chi connectivity index (χ0v) is 13.5. The van der Waals surface area contributed by atoms with Crippen molar-refractivity contribution in [1.82, 2.24) is 5.32 Å². The number of nitrogens with one attached hydrogen (secondary N) is 2. The summed E-state index contributed by atoms with van der Waals surface area (Å²) in [6, 6.07) is 14.1. The van der Waals surface area contributed by atoms with Crippen LogP contribution in [0.3, 0.4) is 0 Å². The summed E-state index contributed by atoms with van der Waals surface area (Å²) >= 11 is 0. The highest BCUT2D eigenvalue weighted by Gasteiger charge is 2.03. The zero-order valence-electron chi connectivity index (χ0n) is 13.5. The predicted molar refractivity (Wildman–Crippen MR) is 92.8 cm³/mol. The van der Waals surface area contributed by atoms with Crippen LogP contribution in [0.1, 0.15) is 18.1 Å². The van der Waals surface area contributed by atoms with Gasteiger partial charge in [-0.1, -0.05) is 31.2 Å². The van der Waals surface area contributed by atoms with E-state index in [1.54, 1.807) is 24.3 Å². The molecule has 0 bridgehead atoms.